The van der Waals surface area contributed by atoms with Gasteiger partial charge in [-0.25, -0.2) is 4.79 Å². The summed E-state index contributed by atoms with van der Waals surface area (Å²) in [4.78, 5) is 17.6. The van der Waals surface area contributed by atoms with E-state index in [-0.39, 0.29) is 6.09 Å². The molecule has 0 spiro atoms. The molecule has 2 rings (SSSR count). The summed E-state index contributed by atoms with van der Waals surface area (Å²) in [5.41, 5.74) is 5.99. The molecule has 1 aliphatic heterocycles. The summed E-state index contributed by atoms with van der Waals surface area (Å²) in [5.74, 6) is 0. The van der Waals surface area contributed by atoms with Gasteiger partial charge in [-0.15, -0.1) is 0 Å². The predicted octanol–water partition coefficient (Wildman–Crippen LogP) is 1.49. The van der Waals surface area contributed by atoms with Crippen molar-refractivity contribution in [2.75, 3.05) is 13.1 Å². The van der Waals surface area contributed by atoms with Crippen LogP contribution in [0.3, 0.4) is 0 Å². The van der Waals surface area contributed by atoms with Crippen LogP contribution in [0.2, 0.25) is 0 Å². The monoisotopic (exact) mass is 249 g/mol. The van der Waals surface area contributed by atoms with Crippen LogP contribution in [-0.4, -0.2) is 34.7 Å². The van der Waals surface area contributed by atoms with Crippen molar-refractivity contribution in [3.63, 3.8) is 0 Å². The number of rotatable bonds is 1. The lowest BCUT2D eigenvalue weighted by atomic mass is 9.87. The molecule has 1 aromatic rings. The topological polar surface area (TPSA) is 68.5 Å². The third-order valence-corrected chi connectivity index (χ3v) is 2.77. The second kappa shape index (κ2) is 4.24. The SMILES string of the molecule is CC(C)(C)OC(=O)N1CC(N)(c2ccccn2)C1. The van der Waals surface area contributed by atoms with Gasteiger partial charge < -0.3 is 15.4 Å². The van der Waals surface area contributed by atoms with Crippen LogP contribution in [0, 0.1) is 0 Å². The number of nitrogens with two attached hydrogens (primary N) is 1. The maximum Gasteiger partial charge on any atom is 0.410 e. The molecule has 1 fully saturated rings. The second-order valence-corrected chi connectivity index (χ2v) is 5.71. The van der Waals surface area contributed by atoms with Crippen molar-refractivity contribution in [1.82, 2.24) is 9.88 Å². The quantitative estimate of drug-likeness (QED) is 0.818. The van der Waals surface area contributed by atoms with E-state index in [1.54, 1.807) is 11.1 Å². The Morgan fingerprint density at radius 1 is 1.44 bits per heavy atom. The molecule has 1 aromatic heterocycles. The third kappa shape index (κ3) is 2.61. The molecular weight excluding hydrogens is 230 g/mol. The first kappa shape index (κ1) is 12.8. The van der Waals surface area contributed by atoms with Crippen molar-refractivity contribution in [3.8, 4) is 0 Å². The highest BCUT2D eigenvalue weighted by molar-refractivity contribution is 5.70. The Kier molecular flexibility index (Phi) is 3.02. The summed E-state index contributed by atoms with van der Waals surface area (Å²) in [6.07, 6.45) is 1.39. The molecule has 0 aromatic carbocycles. The summed E-state index contributed by atoms with van der Waals surface area (Å²) in [5, 5.41) is 0. The van der Waals surface area contributed by atoms with E-state index in [2.05, 4.69) is 4.98 Å². The first-order valence-electron chi connectivity index (χ1n) is 5.98. The summed E-state index contributed by atoms with van der Waals surface area (Å²) in [7, 11) is 0. The molecule has 2 N–H and O–H groups in total. The molecular formula is C13H19N3O2. The highest BCUT2D eigenvalue weighted by Crippen LogP contribution is 2.29. The Labute approximate surface area is 107 Å². The number of carbonyl (C=O) groups excluding carboxylic acids is 1. The van der Waals surface area contributed by atoms with E-state index in [1.807, 2.05) is 39.0 Å². The van der Waals surface area contributed by atoms with Crippen molar-refractivity contribution >= 4 is 6.09 Å². The third-order valence-electron chi connectivity index (χ3n) is 2.77. The van der Waals surface area contributed by atoms with Crippen LogP contribution < -0.4 is 5.73 Å². The van der Waals surface area contributed by atoms with E-state index in [1.165, 1.54) is 0 Å². The smallest absolute Gasteiger partial charge is 0.410 e. The van der Waals surface area contributed by atoms with Gasteiger partial charge in [0.1, 0.15) is 5.60 Å². The maximum atomic E-state index is 11.8. The van der Waals surface area contributed by atoms with E-state index < -0.39 is 11.1 Å². The van der Waals surface area contributed by atoms with Gasteiger partial charge in [-0.3, -0.25) is 4.98 Å². The second-order valence-electron chi connectivity index (χ2n) is 5.71. The van der Waals surface area contributed by atoms with Crippen molar-refractivity contribution in [2.45, 2.75) is 31.9 Å². The van der Waals surface area contributed by atoms with Crippen LogP contribution in [-0.2, 0) is 10.3 Å². The van der Waals surface area contributed by atoms with Gasteiger partial charge >= 0.3 is 6.09 Å². The number of amides is 1. The van der Waals surface area contributed by atoms with Crippen LogP contribution in [0.1, 0.15) is 26.5 Å². The number of hydrogen-bond donors (Lipinski definition) is 1. The molecule has 0 saturated carbocycles. The van der Waals surface area contributed by atoms with Gasteiger partial charge in [0.15, 0.2) is 0 Å². The minimum Gasteiger partial charge on any atom is -0.444 e. The van der Waals surface area contributed by atoms with E-state index in [0.717, 1.165) is 5.69 Å². The number of carbonyl (C=O) groups is 1. The van der Waals surface area contributed by atoms with Gasteiger partial charge in [-0.05, 0) is 32.9 Å². The first-order chi connectivity index (χ1) is 8.30. The highest BCUT2D eigenvalue weighted by Gasteiger charge is 2.45. The Morgan fingerprint density at radius 3 is 2.61 bits per heavy atom. The number of pyridine rings is 1. The molecule has 2 heterocycles. The minimum atomic E-state index is -0.543. The predicted molar refractivity (Wildman–Crippen MR) is 67.9 cm³/mol. The zero-order chi connectivity index (χ0) is 13.4. The molecule has 1 saturated heterocycles. The number of likely N-dealkylation sites (tertiary alicyclic amines) is 1. The molecule has 5 heteroatoms. The number of hydrogen-bond acceptors (Lipinski definition) is 4. The van der Waals surface area contributed by atoms with Gasteiger partial charge in [0.05, 0.1) is 11.2 Å². The van der Waals surface area contributed by atoms with Crippen LogP contribution in [0.5, 0.6) is 0 Å². The van der Waals surface area contributed by atoms with Crippen LogP contribution in [0.4, 0.5) is 4.79 Å². The van der Waals surface area contributed by atoms with Gasteiger partial charge in [-0.1, -0.05) is 6.07 Å². The van der Waals surface area contributed by atoms with Crippen LogP contribution in [0.15, 0.2) is 24.4 Å². The van der Waals surface area contributed by atoms with Crippen LogP contribution >= 0.6 is 0 Å². The lowest BCUT2D eigenvalue weighted by Gasteiger charge is -2.46. The molecule has 0 atom stereocenters. The Balaban J connectivity index is 1.96. The standard InChI is InChI=1S/C13H19N3O2/c1-12(2,3)18-11(17)16-8-13(14,9-16)10-6-4-5-7-15-10/h4-7H,8-9,14H2,1-3H3. The minimum absolute atomic E-state index is 0.320. The summed E-state index contributed by atoms with van der Waals surface area (Å²) >= 11 is 0. The zero-order valence-electron chi connectivity index (χ0n) is 11.0. The normalized spacial score (nSPS) is 18.1. The first-order valence-corrected chi connectivity index (χ1v) is 5.98. The van der Waals surface area contributed by atoms with Crippen molar-refractivity contribution in [3.05, 3.63) is 30.1 Å². The molecule has 0 unspecified atom stereocenters. The van der Waals surface area contributed by atoms with Gasteiger partial charge in [0.25, 0.3) is 0 Å². The summed E-state index contributed by atoms with van der Waals surface area (Å²) in [6.45, 7) is 6.43. The van der Waals surface area contributed by atoms with Crippen molar-refractivity contribution < 1.29 is 9.53 Å². The fourth-order valence-corrected chi connectivity index (χ4v) is 1.91. The molecule has 1 amide bonds. The molecule has 0 aliphatic carbocycles. The largest absolute Gasteiger partial charge is 0.444 e. The van der Waals surface area contributed by atoms with Crippen molar-refractivity contribution in [1.29, 1.82) is 0 Å². The van der Waals surface area contributed by atoms with Gasteiger partial charge in [-0.2, -0.15) is 0 Å². The number of nitrogens with zero attached hydrogens (tertiary/aromatic N) is 2. The summed E-state index contributed by atoms with van der Waals surface area (Å²) < 4.78 is 5.28. The maximum absolute atomic E-state index is 11.8. The summed E-state index contributed by atoms with van der Waals surface area (Å²) in [6, 6.07) is 5.62. The molecule has 1 aliphatic rings. The van der Waals surface area contributed by atoms with E-state index in [4.69, 9.17) is 10.5 Å². The average Bonchev–Trinajstić information content (AvgIpc) is 2.23. The Morgan fingerprint density at radius 2 is 2.11 bits per heavy atom. The average molecular weight is 249 g/mol. The van der Waals surface area contributed by atoms with Crippen molar-refractivity contribution in [2.24, 2.45) is 5.73 Å². The van der Waals surface area contributed by atoms with E-state index in [9.17, 15) is 4.79 Å². The van der Waals surface area contributed by atoms with E-state index >= 15 is 0 Å². The lowest BCUT2D eigenvalue weighted by Crippen LogP contribution is -2.66. The van der Waals surface area contributed by atoms with Crippen LogP contribution in [0.25, 0.3) is 0 Å². The lowest BCUT2D eigenvalue weighted by molar-refractivity contribution is -0.00966. The number of aromatic nitrogens is 1. The molecule has 0 radical (unpaired) electrons. The van der Waals surface area contributed by atoms with Gasteiger partial charge in [0, 0.05) is 19.3 Å². The number of ether oxygens (including phenoxy) is 1. The molecule has 98 valence electrons. The molecule has 5 nitrogen and oxygen atoms in total. The molecule has 0 bridgehead atoms. The Hall–Kier alpha value is -1.62. The highest BCUT2D eigenvalue weighted by atomic mass is 16.6. The fraction of sp³-hybridized carbons (Fsp3) is 0.538. The van der Waals surface area contributed by atoms with Gasteiger partial charge in [0.2, 0.25) is 0 Å². The molecule has 18 heavy (non-hydrogen) atoms. The zero-order valence-corrected chi connectivity index (χ0v) is 11.0. The fourth-order valence-electron chi connectivity index (χ4n) is 1.91. The Bertz CT molecular complexity index is 433. The van der Waals surface area contributed by atoms with E-state index in [0.29, 0.717) is 13.1 Å².